The fourth-order valence-corrected chi connectivity index (χ4v) is 9.26. The van der Waals surface area contributed by atoms with Crippen LogP contribution < -0.4 is 54.4 Å². The molecule has 1 aromatic carbocycles. The van der Waals surface area contributed by atoms with Gasteiger partial charge in [0.25, 0.3) is 0 Å². The number of aromatic amines is 1. The number of hydrogen-bond donors (Lipinski definition) is 13. The number of H-pyrrole nitrogens is 1. The zero-order valence-electron chi connectivity index (χ0n) is 41.3. The van der Waals surface area contributed by atoms with Crippen LogP contribution in [0.4, 0.5) is 0 Å². The highest BCUT2D eigenvalue weighted by Gasteiger charge is 2.39. The number of nitrogens with two attached hydrogens (primary N) is 3. The summed E-state index contributed by atoms with van der Waals surface area (Å²) in [5.41, 5.74) is 18.5. The van der Waals surface area contributed by atoms with Gasteiger partial charge in [0, 0.05) is 48.8 Å². The van der Waals surface area contributed by atoms with E-state index in [-0.39, 0.29) is 49.9 Å². The number of fused-ring (bicyclic) bond motifs is 1. The number of hydrogen-bond acceptors (Lipinski definition) is 13. The quantitative estimate of drug-likeness (QED) is 0.0461. The molecule has 394 valence electrons. The molecule has 22 nitrogen and oxygen atoms in total. The number of aliphatic hydroxyl groups excluding tert-OH is 1. The fourth-order valence-electron chi connectivity index (χ4n) is 9.00. The van der Waals surface area contributed by atoms with Crippen LogP contribution in [0.3, 0.4) is 0 Å². The van der Waals surface area contributed by atoms with Crippen LogP contribution in [0.2, 0.25) is 0 Å². The molecule has 15 N–H and O–H groups in total. The van der Waals surface area contributed by atoms with Crippen molar-refractivity contribution in [2.45, 2.75) is 159 Å². The first-order chi connectivity index (χ1) is 33.8. The lowest BCUT2D eigenvalue weighted by Gasteiger charge is -2.30. The molecule has 10 atom stereocenters. The summed E-state index contributed by atoms with van der Waals surface area (Å²) in [6.07, 6.45) is 7.59. The maximum Gasteiger partial charge on any atom is 0.245 e. The van der Waals surface area contributed by atoms with E-state index in [4.69, 9.17) is 17.2 Å². The maximum absolute atomic E-state index is 14.2. The molecular formula is C48H76N12O10S. The number of primary amides is 1. The van der Waals surface area contributed by atoms with E-state index in [1.807, 2.05) is 31.2 Å². The van der Waals surface area contributed by atoms with Crippen molar-refractivity contribution in [1.29, 1.82) is 0 Å². The second kappa shape index (κ2) is 28.3. The number of nitrogens with zero attached hydrogens (tertiary/aromatic N) is 1. The number of carbonyl (C=O) groups excluding carboxylic acids is 9. The van der Waals surface area contributed by atoms with E-state index >= 15 is 0 Å². The highest BCUT2D eigenvalue weighted by molar-refractivity contribution is 7.80. The SMILES string of the molecule is CC[C@H](C)[C@H](NC(=O)[C@@H](Cc1c[nH]c2ccccc12)NC(=O)CC1CCCCC1)C(=O)N[C@H](C(=O)N[C@@H](CN)C(=O)N[C@@H](CS)C(=O)N[C@@H](C)C(=O)N1CCC[C@H]1C(=O)N[C@@H](CCCN)C(N)=O)[C@@H](C)O. The minimum atomic E-state index is -1.65. The van der Waals surface area contributed by atoms with E-state index in [1.54, 1.807) is 13.1 Å². The molecule has 1 saturated carbocycles. The van der Waals surface area contributed by atoms with Gasteiger partial charge in [0.2, 0.25) is 53.2 Å². The standard InChI is InChI=1S/C48H76N12O10S/c1-5-26(2)39(58-42(64)34(54-38(62)21-29-13-7-6-8-14-29)22-30-24-52-32-16-10-9-15-31(30)32)46(68)59-40(28(4)61)47(69)56-35(23-50)43(65)57-36(25-71)44(66)53-27(3)48(70)60-20-12-18-37(60)45(67)55-33(41(51)63)17-11-19-49/h9-10,15-16,24,26-29,33-37,39-40,52,61,71H,5-8,11-14,17-23,25,49-50H2,1-4H3,(H2,51,63)(H,53,66)(H,54,62)(H,55,67)(H,56,69)(H,57,65)(H,58,64)(H,59,68)/t26-,27-,28+,33-,34+,35-,36-,37-,39-,40-/m0/s1. The van der Waals surface area contributed by atoms with Gasteiger partial charge in [-0.25, -0.2) is 0 Å². The number of aliphatic hydroxyl groups is 1. The summed E-state index contributed by atoms with van der Waals surface area (Å²) in [4.78, 5) is 126. The summed E-state index contributed by atoms with van der Waals surface area (Å²) in [6.45, 7) is 6.21. The average Bonchev–Trinajstić information content (AvgIpc) is 4.01. The topological polar surface area (TPSA) is 355 Å². The van der Waals surface area contributed by atoms with Gasteiger partial charge in [-0.05, 0) is 82.4 Å². The summed E-state index contributed by atoms with van der Waals surface area (Å²) in [6, 6.07) is -2.28. The second-order valence-electron chi connectivity index (χ2n) is 18.8. The molecule has 0 spiro atoms. The Morgan fingerprint density at radius 2 is 1.39 bits per heavy atom. The highest BCUT2D eigenvalue weighted by Crippen LogP contribution is 2.27. The monoisotopic (exact) mass is 1010 g/mol. The summed E-state index contributed by atoms with van der Waals surface area (Å²) < 4.78 is 0. The van der Waals surface area contributed by atoms with Crippen LogP contribution in [0.15, 0.2) is 30.5 Å². The molecule has 9 amide bonds. The normalized spacial score (nSPS) is 18.8. The van der Waals surface area contributed by atoms with Gasteiger partial charge in [-0.15, -0.1) is 0 Å². The first-order valence-electron chi connectivity index (χ1n) is 24.8. The second-order valence-corrected chi connectivity index (χ2v) is 19.2. The molecule has 2 heterocycles. The number of likely N-dealkylation sites (tertiary alicyclic amines) is 1. The van der Waals surface area contributed by atoms with Crippen molar-refractivity contribution in [3.05, 3.63) is 36.0 Å². The zero-order chi connectivity index (χ0) is 52.4. The molecule has 2 aliphatic rings. The third kappa shape index (κ3) is 16.6. The number of benzene rings is 1. The number of aromatic nitrogens is 1. The van der Waals surface area contributed by atoms with Crippen LogP contribution >= 0.6 is 12.6 Å². The fraction of sp³-hybridized carbons (Fsp3) is 0.646. The van der Waals surface area contributed by atoms with Gasteiger partial charge in [0.1, 0.15) is 48.3 Å². The Labute approximate surface area is 420 Å². The number of amides is 9. The van der Waals surface area contributed by atoms with Crippen molar-refractivity contribution < 1.29 is 48.3 Å². The van der Waals surface area contributed by atoms with Crippen LogP contribution in [-0.4, -0.2) is 148 Å². The number of para-hydroxylation sites is 1. The average molecular weight is 1010 g/mol. The minimum absolute atomic E-state index is 0.117. The van der Waals surface area contributed by atoms with Gasteiger partial charge < -0.3 is 69.4 Å². The van der Waals surface area contributed by atoms with Crippen molar-refractivity contribution >= 4 is 76.7 Å². The van der Waals surface area contributed by atoms with E-state index in [0.29, 0.717) is 25.7 Å². The highest BCUT2D eigenvalue weighted by atomic mass is 32.1. The Bertz CT molecular complexity index is 2170. The predicted molar refractivity (Wildman–Crippen MR) is 269 cm³/mol. The van der Waals surface area contributed by atoms with Crippen molar-refractivity contribution in [2.75, 3.05) is 25.4 Å². The maximum atomic E-state index is 14.2. The molecule has 0 radical (unpaired) electrons. The molecule has 0 unspecified atom stereocenters. The molecule has 1 aliphatic heterocycles. The smallest absolute Gasteiger partial charge is 0.245 e. The zero-order valence-corrected chi connectivity index (χ0v) is 42.2. The van der Waals surface area contributed by atoms with E-state index in [0.717, 1.165) is 48.6 Å². The lowest BCUT2D eigenvalue weighted by Crippen LogP contribution is -2.63. The lowest BCUT2D eigenvalue weighted by atomic mass is 9.86. The molecule has 4 rings (SSSR count). The lowest BCUT2D eigenvalue weighted by molar-refractivity contribution is -0.142. The van der Waals surface area contributed by atoms with Crippen LogP contribution in [0.25, 0.3) is 10.9 Å². The summed E-state index contributed by atoms with van der Waals surface area (Å²) >= 11 is 4.21. The van der Waals surface area contributed by atoms with Gasteiger partial charge in [0.15, 0.2) is 0 Å². The van der Waals surface area contributed by atoms with Crippen molar-refractivity contribution in [1.82, 2.24) is 47.1 Å². The molecular weight excluding hydrogens is 937 g/mol. The van der Waals surface area contributed by atoms with Gasteiger partial charge in [0.05, 0.1) is 6.10 Å². The number of rotatable bonds is 27. The van der Waals surface area contributed by atoms with Gasteiger partial charge >= 0.3 is 0 Å². The number of carbonyl (C=O) groups is 9. The third-order valence-electron chi connectivity index (χ3n) is 13.4. The molecule has 2 aromatic rings. The summed E-state index contributed by atoms with van der Waals surface area (Å²) in [5.74, 6) is -6.87. The van der Waals surface area contributed by atoms with Crippen molar-refractivity contribution in [3.63, 3.8) is 0 Å². The number of nitrogens with one attached hydrogen (secondary N) is 8. The Kier molecular flexibility index (Phi) is 23.0. The Hall–Kier alpha value is -5.78. The molecule has 23 heteroatoms. The molecule has 2 fully saturated rings. The van der Waals surface area contributed by atoms with Crippen LogP contribution in [-0.2, 0) is 49.6 Å². The van der Waals surface area contributed by atoms with Crippen LogP contribution in [0, 0.1) is 11.8 Å². The summed E-state index contributed by atoms with van der Waals surface area (Å²) in [7, 11) is 0. The van der Waals surface area contributed by atoms with Gasteiger partial charge in [-0.2, -0.15) is 12.6 Å². The van der Waals surface area contributed by atoms with E-state index < -0.39 is 114 Å². The van der Waals surface area contributed by atoms with Crippen molar-refractivity contribution in [3.8, 4) is 0 Å². The molecule has 1 saturated heterocycles. The molecule has 71 heavy (non-hydrogen) atoms. The Morgan fingerprint density at radius 1 is 0.761 bits per heavy atom. The number of thiol groups is 1. The van der Waals surface area contributed by atoms with Crippen LogP contribution in [0.5, 0.6) is 0 Å². The van der Waals surface area contributed by atoms with E-state index in [2.05, 4.69) is 54.8 Å². The Balaban J connectivity index is 1.40. The largest absolute Gasteiger partial charge is 0.391 e. The van der Waals surface area contributed by atoms with E-state index in [1.165, 1.54) is 18.7 Å². The van der Waals surface area contributed by atoms with Crippen LogP contribution in [0.1, 0.15) is 104 Å². The van der Waals surface area contributed by atoms with Gasteiger partial charge in [-0.3, -0.25) is 43.2 Å². The summed E-state index contributed by atoms with van der Waals surface area (Å²) in [5, 5.41) is 29.9. The predicted octanol–water partition coefficient (Wildman–Crippen LogP) is -1.38. The molecule has 0 bridgehead atoms. The molecule has 1 aromatic heterocycles. The van der Waals surface area contributed by atoms with Crippen molar-refractivity contribution in [2.24, 2.45) is 29.0 Å². The first-order valence-corrected chi connectivity index (χ1v) is 25.4. The first kappa shape index (κ1) is 57.8. The third-order valence-corrected chi connectivity index (χ3v) is 13.8. The van der Waals surface area contributed by atoms with Gasteiger partial charge in [-0.1, -0.05) is 57.7 Å². The minimum Gasteiger partial charge on any atom is -0.391 e. The van der Waals surface area contributed by atoms with E-state index in [9.17, 15) is 48.3 Å². The molecule has 1 aliphatic carbocycles. The Morgan fingerprint density at radius 3 is 2.03 bits per heavy atom.